The molecule has 0 saturated heterocycles. The number of ether oxygens (including phenoxy) is 1. The summed E-state index contributed by atoms with van der Waals surface area (Å²) in [6, 6.07) is 7.17. The van der Waals surface area contributed by atoms with Crippen molar-refractivity contribution in [3.05, 3.63) is 34.9 Å². The van der Waals surface area contributed by atoms with Crippen molar-refractivity contribution >= 4 is 23.5 Å². The van der Waals surface area contributed by atoms with Crippen LogP contribution in [0.25, 0.3) is 0 Å². The first kappa shape index (κ1) is 17.5. The molecule has 1 rings (SSSR count). The Morgan fingerprint density at radius 1 is 1.33 bits per heavy atom. The van der Waals surface area contributed by atoms with E-state index < -0.39 is 0 Å². The number of hydrogen-bond donors (Lipinski definition) is 1. The van der Waals surface area contributed by atoms with Crippen molar-refractivity contribution in [3.8, 4) is 0 Å². The second kappa shape index (κ2) is 8.64. The lowest BCUT2D eigenvalue weighted by molar-refractivity contribution is -0.144. The number of rotatable bonds is 7. The number of hydrogen-bond acceptors (Lipinski definition) is 4. The van der Waals surface area contributed by atoms with Gasteiger partial charge in [0, 0.05) is 5.02 Å². The van der Waals surface area contributed by atoms with Gasteiger partial charge in [-0.2, -0.15) is 0 Å². The lowest BCUT2D eigenvalue weighted by Crippen LogP contribution is -2.39. The van der Waals surface area contributed by atoms with E-state index in [0.29, 0.717) is 11.6 Å². The number of carbonyl (C=O) groups excluding carboxylic acids is 2. The first-order valence-corrected chi connectivity index (χ1v) is 7.19. The number of esters is 1. The van der Waals surface area contributed by atoms with Crippen LogP contribution in [0.3, 0.4) is 0 Å². The third-order valence-corrected chi connectivity index (χ3v) is 3.21. The second-order valence-electron chi connectivity index (χ2n) is 4.79. The molecule has 0 bridgehead atoms. The molecular formula is C15H21ClN2O3. The molecule has 0 heterocycles. The third-order valence-electron chi connectivity index (χ3n) is 2.87. The lowest BCUT2D eigenvalue weighted by Gasteiger charge is -2.19. The molecule has 1 atom stereocenters. The normalized spacial score (nSPS) is 12.0. The zero-order valence-electron chi connectivity index (χ0n) is 12.6. The van der Waals surface area contributed by atoms with Crippen LogP contribution in [0.4, 0.5) is 0 Å². The first-order chi connectivity index (χ1) is 9.93. The molecule has 0 aliphatic carbocycles. The summed E-state index contributed by atoms with van der Waals surface area (Å²) in [6.45, 7) is 4.15. The minimum absolute atomic E-state index is 0.0851. The van der Waals surface area contributed by atoms with Gasteiger partial charge in [0.15, 0.2) is 0 Å². The molecule has 1 aromatic rings. The highest BCUT2D eigenvalue weighted by Crippen LogP contribution is 2.21. The Morgan fingerprint density at radius 2 is 2.00 bits per heavy atom. The van der Waals surface area contributed by atoms with Crippen LogP contribution >= 0.6 is 11.6 Å². The van der Waals surface area contributed by atoms with E-state index in [9.17, 15) is 9.59 Å². The molecule has 0 radical (unpaired) electrons. The van der Waals surface area contributed by atoms with Crippen LogP contribution in [0, 0.1) is 0 Å². The van der Waals surface area contributed by atoms with Gasteiger partial charge >= 0.3 is 5.97 Å². The van der Waals surface area contributed by atoms with Crippen molar-refractivity contribution < 1.29 is 14.3 Å². The average molecular weight is 313 g/mol. The highest BCUT2D eigenvalue weighted by molar-refractivity contribution is 6.31. The molecule has 1 unspecified atom stereocenters. The van der Waals surface area contributed by atoms with E-state index in [1.807, 2.05) is 25.1 Å². The lowest BCUT2D eigenvalue weighted by atomic mass is 10.1. The van der Waals surface area contributed by atoms with E-state index >= 15 is 0 Å². The van der Waals surface area contributed by atoms with Gasteiger partial charge in [0.1, 0.15) is 0 Å². The summed E-state index contributed by atoms with van der Waals surface area (Å²) in [6.07, 6.45) is 0. The van der Waals surface area contributed by atoms with E-state index in [0.717, 1.165) is 5.56 Å². The van der Waals surface area contributed by atoms with Gasteiger partial charge in [-0.15, -0.1) is 0 Å². The van der Waals surface area contributed by atoms with Crippen LogP contribution in [0.2, 0.25) is 5.02 Å². The maximum atomic E-state index is 11.9. The van der Waals surface area contributed by atoms with Crippen LogP contribution in [-0.2, 0) is 14.3 Å². The predicted molar refractivity (Wildman–Crippen MR) is 82.1 cm³/mol. The molecule has 6 heteroatoms. The highest BCUT2D eigenvalue weighted by atomic mass is 35.5. The Kier molecular flexibility index (Phi) is 7.19. The third kappa shape index (κ3) is 6.14. The number of nitrogens with zero attached hydrogens (tertiary/aromatic N) is 1. The Balaban J connectivity index is 2.46. The minimum Gasteiger partial charge on any atom is -0.465 e. The van der Waals surface area contributed by atoms with Crippen LogP contribution in [0.15, 0.2) is 24.3 Å². The van der Waals surface area contributed by atoms with Gasteiger partial charge < -0.3 is 10.1 Å². The quantitative estimate of drug-likeness (QED) is 0.783. The van der Waals surface area contributed by atoms with Crippen molar-refractivity contribution in [1.29, 1.82) is 0 Å². The average Bonchev–Trinajstić information content (AvgIpc) is 2.38. The molecule has 21 heavy (non-hydrogen) atoms. The molecular weight excluding hydrogens is 292 g/mol. The maximum absolute atomic E-state index is 11.9. The molecule has 0 fully saturated rings. The maximum Gasteiger partial charge on any atom is 0.320 e. The largest absolute Gasteiger partial charge is 0.465 e. The summed E-state index contributed by atoms with van der Waals surface area (Å²) in [5, 5.41) is 3.47. The van der Waals surface area contributed by atoms with Crippen molar-refractivity contribution in [2.75, 3.05) is 26.7 Å². The predicted octanol–water partition coefficient (Wildman–Crippen LogP) is 2.01. The van der Waals surface area contributed by atoms with Gasteiger partial charge in [0.25, 0.3) is 0 Å². The Morgan fingerprint density at radius 3 is 2.62 bits per heavy atom. The van der Waals surface area contributed by atoms with Gasteiger partial charge in [0.2, 0.25) is 5.91 Å². The van der Waals surface area contributed by atoms with E-state index in [1.54, 1.807) is 24.9 Å². The number of carbonyl (C=O) groups is 2. The summed E-state index contributed by atoms with van der Waals surface area (Å²) in [7, 11) is 1.69. The van der Waals surface area contributed by atoms with E-state index in [2.05, 4.69) is 5.32 Å². The van der Waals surface area contributed by atoms with E-state index in [-0.39, 0.29) is 31.0 Å². The number of halogens is 1. The molecule has 1 aromatic carbocycles. The van der Waals surface area contributed by atoms with Gasteiger partial charge in [-0.25, -0.2) is 0 Å². The Hall–Kier alpha value is -1.59. The Labute approximate surface area is 130 Å². The van der Waals surface area contributed by atoms with Crippen LogP contribution in [-0.4, -0.2) is 43.5 Å². The monoisotopic (exact) mass is 312 g/mol. The summed E-state index contributed by atoms with van der Waals surface area (Å²) in [4.78, 5) is 24.9. The molecule has 0 aromatic heterocycles. The minimum atomic E-state index is -0.341. The number of nitrogens with one attached hydrogen (secondary N) is 1. The summed E-state index contributed by atoms with van der Waals surface area (Å²) >= 11 is 6.09. The van der Waals surface area contributed by atoms with Gasteiger partial charge in [0.05, 0.1) is 25.7 Å². The molecule has 0 spiro atoms. The van der Waals surface area contributed by atoms with Crippen molar-refractivity contribution in [2.24, 2.45) is 0 Å². The van der Waals surface area contributed by atoms with Gasteiger partial charge in [-0.1, -0.05) is 29.8 Å². The number of amides is 1. The smallest absolute Gasteiger partial charge is 0.320 e. The van der Waals surface area contributed by atoms with Crippen LogP contribution in [0.1, 0.15) is 25.5 Å². The standard InChI is InChI=1S/C15H21ClN2O3/c1-4-21-15(20)10-18(3)9-14(19)17-11(2)12-7-5-6-8-13(12)16/h5-8,11H,4,9-10H2,1-3H3,(H,17,19). The van der Waals surface area contributed by atoms with Crippen LogP contribution in [0.5, 0.6) is 0 Å². The van der Waals surface area contributed by atoms with Gasteiger partial charge in [-0.05, 0) is 32.5 Å². The highest BCUT2D eigenvalue weighted by Gasteiger charge is 2.15. The molecule has 0 aliphatic heterocycles. The number of benzene rings is 1. The summed E-state index contributed by atoms with van der Waals surface area (Å²) < 4.78 is 4.83. The van der Waals surface area contributed by atoms with Crippen molar-refractivity contribution in [2.45, 2.75) is 19.9 Å². The Bertz CT molecular complexity index is 494. The first-order valence-electron chi connectivity index (χ1n) is 6.82. The van der Waals surface area contributed by atoms with Crippen molar-refractivity contribution in [3.63, 3.8) is 0 Å². The summed E-state index contributed by atoms with van der Waals surface area (Å²) in [5.41, 5.74) is 0.862. The summed E-state index contributed by atoms with van der Waals surface area (Å²) in [5.74, 6) is -0.513. The topological polar surface area (TPSA) is 58.6 Å². The number of likely N-dealkylation sites (N-methyl/N-ethyl adjacent to an activating group) is 1. The molecule has 1 amide bonds. The molecule has 0 aliphatic rings. The zero-order chi connectivity index (χ0) is 15.8. The fourth-order valence-electron chi connectivity index (χ4n) is 1.92. The molecule has 5 nitrogen and oxygen atoms in total. The van der Waals surface area contributed by atoms with Crippen molar-refractivity contribution in [1.82, 2.24) is 10.2 Å². The molecule has 0 saturated carbocycles. The second-order valence-corrected chi connectivity index (χ2v) is 5.20. The fraction of sp³-hybridized carbons (Fsp3) is 0.467. The SMILES string of the molecule is CCOC(=O)CN(C)CC(=O)NC(C)c1ccccc1Cl. The van der Waals surface area contributed by atoms with E-state index in [1.165, 1.54) is 0 Å². The molecule has 116 valence electrons. The molecule has 1 N–H and O–H groups in total. The van der Waals surface area contributed by atoms with E-state index in [4.69, 9.17) is 16.3 Å². The fourth-order valence-corrected chi connectivity index (χ4v) is 2.22. The zero-order valence-corrected chi connectivity index (χ0v) is 13.3. The van der Waals surface area contributed by atoms with Crippen LogP contribution < -0.4 is 5.32 Å². The van der Waals surface area contributed by atoms with Gasteiger partial charge in [-0.3, -0.25) is 14.5 Å².